The van der Waals surface area contributed by atoms with E-state index in [-0.39, 0.29) is 0 Å². The molecule has 3 aliphatic carbocycles. The van der Waals surface area contributed by atoms with Gasteiger partial charge in [0.05, 0.1) is 39.0 Å². The predicted molar refractivity (Wildman–Crippen MR) is 475 cm³/mol. The van der Waals surface area contributed by atoms with Crippen LogP contribution in [0.1, 0.15) is 0 Å². The molecule has 114 heavy (non-hydrogen) atoms. The number of hydrogen-bond acceptors (Lipinski definition) is 2. The lowest BCUT2D eigenvalue weighted by Crippen LogP contribution is -1.95. The Morgan fingerprint density at radius 3 is 1.03 bits per heavy atom. The Labute approximate surface area is 658 Å². The molecular weight excluding hydrogens is 1380 g/mol. The molecule has 0 fully saturated rings. The van der Waals surface area contributed by atoms with Gasteiger partial charge in [-0.05, 0) is 196 Å². The van der Waals surface area contributed by atoms with Crippen molar-refractivity contribution in [3.63, 3.8) is 0 Å². The number of para-hydroxylation sites is 3. The Bertz CT molecular complexity index is 7590. The first-order chi connectivity index (χ1) is 56.6. The summed E-state index contributed by atoms with van der Waals surface area (Å²) in [5.74, 6) is 0. The van der Waals surface area contributed by atoms with E-state index >= 15 is 0 Å². The summed E-state index contributed by atoms with van der Waals surface area (Å²) in [6, 6.07) is 138. The number of rotatable bonds is 6. The van der Waals surface area contributed by atoms with Crippen LogP contribution in [0.15, 0.2) is 413 Å². The summed E-state index contributed by atoms with van der Waals surface area (Å²) in [5, 5.41) is 11.6. The molecule has 0 atom stereocenters. The molecule has 6 aromatic heterocycles. The molecule has 0 spiro atoms. The lowest BCUT2D eigenvalue weighted by atomic mass is 9.85. The molecule has 0 unspecified atom stereocenters. The van der Waals surface area contributed by atoms with Crippen LogP contribution in [-0.2, 0) is 0 Å². The van der Waals surface area contributed by atoms with E-state index in [1.807, 2.05) is 24.5 Å². The lowest BCUT2D eigenvalue weighted by Gasteiger charge is -2.19. The Balaban J connectivity index is 0.000000110. The zero-order valence-corrected chi connectivity index (χ0v) is 61.9. The minimum Gasteiger partial charge on any atom is -0.316 e. The van der Waals surface area contributed by atoms with E-state index in [0.717, 1.165) is 28.5 Å². The maximum atomic E-state index is 4.86. The van der Waals surface area contributed by atoms with Gasteiger partial charge in [-0.3, -0.25) is 9.97 Å². The molecular formula is C108H68N6. The van der Waals surface area contributed by atoms with Gasteiger partial charge in [0.15, 0.2) is 0 Å². The highest BCUT2D eigenvalue weighted by Crippen LogP contribution is 2.55. The molecule has 3 aliphatic rings. The summed E-state index contributed by atoms with van der Waals surface area (Å²) in [6.45, 7) is 0. The minimum absolute atomic E-state index is 1.04. The SMILES string of the molecule is c1ccc(-c2cccc(-n3cc4c5c(cccc53)-c3ccccc3-c3cccnc3-4)c2)cc1.c1ccc(-n2cc3c4c(cccc42)-c2ccccc2-c2cccnc2-3)cc1.c1ccc2c(c1)-c1c(c3ccccc3c3ccccc13)-c1cccc3c1c-2cn3-c1ccc(-c2ccc(-n3c4ccccc4c4ccccc43)cc2)cc1. The third-order valence-electron chi connectivity index (χ3n) is 23.8. The van der Waals surface area contributed by atoms with Crippen molar-refractivity contribution in [2.24, 2.45) is 0 Å². The van der Waals surface area contributed by atoms with Crippen LogP contribution >= 0.6 is 0 Å². The van der Waals surface area contributed by atoms with Crippen molar-refractivity contribution in [1.29, 1.82) is 0 Å². The molecule has 0 aliphatic heterocycles. The first-order valence-electron chi connectivity index (χ1n) is 39.1. The molecule has 0 bridgehead atoms. The first-order valence-corrected chi connectivity index (χ1v) is 39.1. The predicted octanol–water partition coefficient (Wildman–Crippen LogP) is 28.4. The fraction of sp³-hybridized carbons (Fsp3) is 0. The Hall–Kier alpha value is -15.2. The molecule has 0 amide bonds. The van der Waals surface area contributed by atoms with Gasteiger partial charge in [-0.25, -0.2) is 0 Å². The van der Waals surface area contributed by atoms with Crippen molar-refractivity contribution in [3.8, 4) is 145 Å². The first kappa shape index (κ1) is 64.7. The molecule has 22 aromatic rings. The van der Waals surface area contributed by atoms with E-state index in [1.165, 1.54) is 193 Å². The topological polar surface area (TPSA) is 45.5 Å². The van der Waals surface area contributed by atoms with Gasteiger partial charge in [0, 0.05) is 108 Å². The maximum Gasteiger partial charge on any atom is 0.0802 e. The van der Waals surface area contributed by atoms with Gasteiger partial charge >= 0.3 is 0 Å². The second kappa shape index (κ2) is 26.2. The molecule has 530 valence electrons. The smallest absolute Gasteiger partial charge is 0.0802 e. The Morgan fingerprint density at radius 2 is 0.500 bits per heavy atom. The van der Waals surface area contributed by atoms with Crippen LogP contribution in [0.4, 0.5) is 0 Å². The third-order valence-corrected chi connectivity index (χ3v) is 23.8. The van der Waals surface area contributed by atoms with Crippen molar-refractivity contribution in [1.82, 2.24) is 28.2 Å². The molecule has 0 saturated heterocycles. The van der Waals surface area contributed by atoms with Crippen molar-refractivity contribution in [2.45, 2.75) is 0 Å². The number of nitrogens with zero attached hydrogens (tertiary/aromatic N) is 6. The summed E-state index contributed by atoms with van der Waals surface area (Å²) in [4.78, 5) is 9.66. The summed E-state index contributed by atoms with van der Waals surface area (Å²) < 4.78 is 9.35. The van der Waals surface area contributed by atoms with Crippen LogP contribution in [0.5, 0.6) is 0 Å². The normalized spacial score (nSPS) is 11.9. The van der Waals surface area contributed by atoms with Crippen molar-refractivity contribution >= 4 is 76.1 Å². The van der Waals surface area contributed by atoms with Gasteiger partial charge in [-0.2, -0.15) is 0 Å². The van der Waals surface area contributed by atoms with Crippen LogP contribution < -0.4 is 0 Å². The van der Waals surface area contributed by atoms with Crippen molar-refractivity contribution in [2.75, 3.05) is 0 Å². The molecule has 6 nitrogen and oxygen atoms in total. The maximum absolute atomic E-state index is 4.86. The summed E-state index contributed by atoms with van der Waals surface area (Å²) in [5.41, 5.74) is 37.6. The standard InChI is InChI=1S/C52H32N2.C31H20N2.C25H16N2/c1-4-17-42-37(12-1)38-13-2-5-18-43(38)52-45-20-11-23-49-50(45)46(39-14-3-6-19-44(39)51(42)52)32-53(49)35-28-24-33(25-29-35)34-26-30-36(31-27-34)54-47-21-9-7-15-40(47)41-16-8-10-22-48(41)54;1-2-9-21(10-3-1)22-11-6-12-23(19-22)33-20-28-30-26(15-7-17-29(30)33)24-13-4-5-14-25(24)27-16-8-18-32-31(27)28;1-2-8-17(9-3-1)27-16-22-24-20(12-6-14-23(24)27)18-10-4-5-11-19(18)21-13-7-15-26-25(21)22/h1-32H;1-20H;1-16H. The zero-order chi connectivity index (χ0) is 74.9. The van der Waals surface area contributed by atoms with E-state index in [1.54, 1.807) is 0 Å². The average Bonchev–Trinajstić information content (AvgIpc) is 1.36. The number of fused-ring (bicyclic) bond motifs is 23. The summed E-state index contributed by atoms with van der Waals surface area (Å²) in [7, 11) is 0. The molecule has 0 radical (unpaired) electrons. The van der Waals surface area contributed by atoms with Crippen LogP contribution in [-0.4, -0.2) is 28.2 Å². The number of aromatic nitrogens is 6. The van der Waals surface area contributed by atoms with Crippen LogP contribution in [0, 0.1) is 0 Å². The van der Waals surface area contributed by atoms with E-state index in [2.05, 4.69) is 407 Å². The zero-order valence-electron chi connectivity index (χ0n) is 61.9. The van der Waals surface area contributed by atoms with E-state index in [4.69, 9.17) is 9.97 Å². The number of hydrogen-bond donors (Lipinski definition) is 0. The second-order valence-electron chi connectivity index (χ2n) is 29.8. The highest BCUT2D eigenvalue weighted by Gasteiger charge is 2.30. The molecule has 0 saturated carbocycles. The van der Waals surface area contributed by atoms with Crippen LogP contribution in [0.2, 0.25) is 0 Å². The second-order valence-corrected chi connectivity index (χ2v) is 29.8. The van der Waals surface area contributed by atoms with Crippen molar-refractivity contribution < 1.29 is 0 Å². The van der Waals surface area contributed by atoms with Gasteiger partial charge in [-0.1, -0.05) is 291 Å². The highest BCUT2D eigenvalue weighted by molar-refractivity contribution is 6.27. The van der Waals surface area contributed by atoms with Gasteiger partial charge in [0.2, 0.25) is 0 Å². The fourth-order valence-electron chi connectivity index (χ4n) is 18.8. The molecule has 6 heterocycles. The van der Waals surface area contributed by atoms with Gasteiger partial charge in [0.1, 0.15) is 0 Å². The van der Waals surface area contributed by atoms with Crippen LogP contribution in [0.25, 0.3) is 221 Å². The van der Waals surface area contributed by atoms with E-state index in [9.17, 15) is 0 Å². The Morgan fingerprint density at radius 1 is 0.175 bits per heavy atom. The number of benzene rings is 16. The quantitative estimate of drug-likeness (QED) is 0.156. The molecule has 0 N–H and O–H groups in total. The van der Waals surface area contributed by atoms with E-state index in [0.29, 0.717) is 0 Å². The fourth-order valence-corrected chi connectivity index (χ4v) is 18.8. The van der Waals surface area contributed by atoms with Gasteiger partial charge in [-0.15, -0.1) is 0 Å². The van der Waals surface area contributed by atoms with Gasteiger partial charge < -0.3 is 18.3 Å². The largest absolute Gasteiger partial charge is 0.316 e. The highest BCUT2D eigenvalue weighted by atomic mass is 15.0. The monoisotopic (exact) mass is 1450 g/mol. The van der Waals surface area contributed by atoms with E-state index < -0.39 is 0 Å². The molecule has 25 rings (SSSR count). The summed E-state index contributed by atoms with van der Waals surface area (Å²) in [6.07, 6.45) is 10.6. The molecule has 6 heteroatoms. The molecule has 16 aromatic carbocycles. The average molecular weight is 1450 g/mol. The summed E-state index contributed by atoms with van der Waals surface area (Å²) >= 11 is 0. The Kier molecular flexibility index (Phi) is 14.9. The minimum atomic E-state index is 1.04. The van der Waals surface area contributed by atoms with Gasteiger partial charge in [0.25, 0.3) is 0 Å². The van der Waals surface area contributed by atoms with Crippen molar-refractivity contribution in [3.05, 3.63) is 413 Å². The van der Waals surface area contributed by atoms with Crippen LogP contribution in [0.3, 0.4) is 0 Å². The lowest BCUT2D eigenvalue weighted by molar-refractivity contribution is 1.13. The third kappa shape index (κ3) is 10.1. The number of pyridine rings is 2.